The first-order chi connectivity index (χ1) is 9.24. The number of hydrogen-bond donors (Lipinski definition) is 1. The van der Waals surface area contributed by atoms with Crippen molar-refractivity contribution < 1.29 is 4.39 Å². The second kappa shape index (κ2) is 6.88. The van der Waals surface area contributed by atoms with E-state index in [1.54, 1.807) is 12.1 Å². The quantitative estimate of drug-likeness (QED) is 0.917. The van der Waals surface area contributed by atoms with Crippen molar-refractivity contribution in [3.63, 3.8) is 0 Å². The number of aryl methyl sites for hydroxylation is 1. The highest BCUT2D eigenvalue weighted by atomic mass is 35.5. The van der Waals surface area contributed by atoms with E-state index in [4.69, 9.17) is 0 Å². The molecule has 2 aliphatic rings. The molecule has 1 aromatic carbocycles. The van der Waals surface area contributed by atoms with Crippen LogP contribution < -0.4 is 5.32 Å². The molecule has 112 valence electrons. The highest BCUT2D eigenvalue weighted by Crippen LogP contribution is 2.40. The number of benzene rings is 1. The Kier molecular flexibility index (Phi) is 5.42. The van der Waals surface area contributed by atoms with Gasteiger partial charge < -0.3 is 5.32 Å². The van der Waals surface area contributed by atoms with Crippen LogP contribution in [0.3, 0.4) is 0 Å². The molecule has 3 rings (SSSR count). The second-order valence-corrected chi connectivity index (χ2v) is 5.98. The lowest BCUT2D eigenvalue weighted by Gasteiger charge is -2.36. The fraction of sp³-hybridized carbons (Fsp3) is 0.625. The number of nitrogens with one attached hydrogen (secondary N) is 1. The summed E-state index contributed by atoms with van der Waals surface area (Å²) in [5.41, 5.74) is 2.43. The Hall–Kier alpha value is -0.640. The summed E-state index contributed by atoms with van der Waals surface area (Å²) in [5.74, 6) is 0.774. The molecule has 0 unspecified atom stereocenters. The van der Waals surface area contributed by atoms with Crippen LogP contribution in [-0.4, -0.2) is 31.1 Å². The summed E-state index contributed by atoms with van der Waals surface area (Å²) in [4.78, 5) is 2.58. The smallest absolute Gasteiger partial charge is 0.123 e. The predicted octanol–water partition coefficient (Wildman–Crippen LogP) is 3.30. The minimum Gasteiger partial charge on any atom is -0.314 e. The molecule has 0 aromatic heterocycles. The molecule has 2 nitrogen and oxygen atoms in total. The van der Waals surface area contributed by atoms with E-state index < -0.39 is 0 Å². The van der Waals surface area contributed by atoms with Crippen molar-refractivity contribution in [2.75, 3.05) is 26.2 Å². The number of hydrogen-bond acceptors (Lipinski definition) is 2. The van der Waals surface area contributed by atoms with E-state index >= 15 is 0 Å². The van der Waals surface area contributed by atoms with Crippen molar-refractivity contribution in [3.05, 3.63) is 35.1 Å². The third-order valence-electron chi connectivity index (χ3n) is 4.44. The minimum absolute atomic E-state index is 0. The fourth-order valence-electron chi connectivity index (χ4n) is 3.15. The van der Waals surface area contributed by atoms with Crippen molar-refractivity contribution in [1.29, 1.82) is 0 Å². The average molecular weight is 299 g/mol. The molecule has 0 radical (unpaired) electrons. The molecule has 0 amide bonds. The summed E-state index contributed by atoms with van der Waals surface area (Å²) in [7, 11) is 0. The monoisotopic (exact) mass is 298 g/mol. The van der Waals surface area contributed by atoms with Crippen molar-refractivity contribution in [3.8, 4) is 0 Å². The Balaban J connectivity index is 0.00000147. The van der Waals surface area contributed by atoms with Crippen LogP contribution in [0.15, 0.2) is 18.2 Å². The van der Waals surface area contributed by atoms with Gasteiger partial charge in [-0.2, -0.15) is 0 Å². The predicted molar refractivity (Wildman–Crippen MR) is 82.9 cm³/mol. The van der Waals surface area contributed by atoms with E-state index in [1.807, 2.05) is 13.0 Å². The highest BCUT2D eigenvalue weighted by Gasteiger charge is 2.31. The second-order valence-electron chi connectivity index (χ2n) is 5.98. The van der Waals surface area contributed by atoms with Gasteiger partial charge >= 0.3 is 0 Å². The van der Waals surface area contributed by atoms with E-state index in [1.165, 1.54) is 24.8 Å². The van der Waals surface area contributed by atoms with Crippen LogP contribution in [0, 0.1) is 18.7 Å². The largest absolute Gasteiger partial charge is 0.314 e. The molecule has 20 heavy (non-hydrogen) atoms. The average Bonchev–Trinajstić information content (AvgIpc) is 3.22. The molecule has 4 heteroatoms. The molecule has 1 aromatic rings. The van der Waals surface area contributed by atoms with Crippen molar-refractivity contribution >= 4 is 12.4 Å². The van der Waals surface area contributed by atoms with Gasteiger partial charge in [0, 0.05) is 32.2 Å². The van der Waals surface area contributed by atoms with Gasteiger partial charge in [0.15, 0.2) is 0 Å². The molecule has 1 aliphatic heterocycles. The zero-order valence-electron chi connectivity index (χ0n) is 12.1. The summed E-state index contributed by atoms with van der Waals surface area (Å²) in [6, 6.07) is 5.77. The van der Waals surface area contributed by atoms with E-state index in [-0.39, 0.29) is 18.2 Å². The number of piperazine rings is 1. The van der Waals surface area contributed by atoms with E-state index in [0.717, 1.165) is 37.7 Å². The number of rotatable bonds is 4. The van der Waals surface area contributed by atoms with Crippen molar-refractivity contribution in [2.45, 2.75) is 32.2 Å². The third-order valence-corrected chi connectivity index (χ3v) is 4.44. The molecule has 1 aliphatic carbocycles. The molecule has 2 fully saturated rings. The normalized spacial score (nSPS) is 21.3. The Morgan fingerprint density at radius 3 is 2.60 bits per heavy atom. The van der Waals surface area contributed by atoms with E-state index in [9.17, 15) is 4.39 Å². The van der Waals surface area contributed by atoms with Crippen LogP contribution in [0.5, 0.6) is 0 Å². The SMILES string of the molecule is Cc1cc(F)ccc1[C@H](CC1CC1)N1CCNCC1.Cl. The summed E-state index contributed by atoms with van der Waals surface area (Å²) in [5, 5.41) is 3.41. The molecular weight excluding hydrogens is 275 g/mol. The van der Waals surface area contributed by atoms with Crippen LogP contribution >= 0.6 is 12.4 Å². The Labute approximate surface area is 127 Å². The lowest BCUT2D eigenvalue weighted by Crippen LogP contribution is -2.45. The fourth-order valence-corrected chi connectivity index (χ4v) is 3.15. The van der Waals surface area contributed by atoms with Gasteiger partial charge in [0.25, 0.3) is 0 Å². The Bertz CT molecular complexity index is 442. The maximum atomic E-state index is 13.3. The standard InChI is InChI=1S/C16H23FN2.ClH/c1-12-10-14(17)4-5-15(12)16(11-13-2-3-13)19-8-6-18-7-9-19;/h4-5,10,13,16,18H,2-3,6-9,11H2,1H3;1H/t16-;/m0./s1. The first kappa shape index (κ1) is 15.7. The summed E-state index contributed by atoms with van der Waals surface area (Å²) in [6.07, 6.45) is 4.00. The molecular formula is C16H24ClFN2. The minimum atomic E-state index is -0.119. The number of nitrogens with zero attached hydrogens (tertiary/aromatic N) is 1. The summed E-state index contributed by atoms with van der Waals surface area (Å²) >= 11 is 0. The molecule has 1 saturated heterocycles. The van der Waals surface area contributed by atoms with Gasteiger partial charge in [-0.05, 0) is 42.5 Å². The van der Waals surface area contributed by atoms with Gasteiger partial charge in [0.1, 0.15) is 5.82 Å². The van der Waals surface area contributed by atoms with Crippen LogP contribution in [0.2, 0.25) is 0 Å². The molecule has 0 spiro atoms. The van der Waals surface area contributed by atoms with Crippen molar-refractivity contribution in [1.82, 2.24) is 10.2 Å². The van der Waals surface area contributed by atoms with Gasteiger partial charge in [-0.1, -0.05) is 18.9 Å². The van der Waals surface area contributed by atoms with E-state index in [2.05, 4.69) is 10.2 Å². The molecule has 1 saturated carbocycles. The topological polar surface area (TPSA) is 15.3 Å². The third kappa shape index (κ3) is 3.72. The molecule has 0 bridgehead atoms. The van der Waals surface area contributed by atoms with Crippen LogP contribution in [0.25, 0.3) is 0 Å². The zero-order valence-corrected chi connectivity index (χ0v) is 12.9. The van der Waals surface area contributed by atoms with Crippen LogP contribution in [-0.2, 0) is 0 Å². The first-order valence-electron chi connectivity index (χ1n) is 7.45. The summed E-state index contributed by atoms with van der Waals surface area (Å²) < 4.78 is 13.3. The van der Waals surface area contributed by atoms with Gasteiger partial charge in [-0.3, -0.25) is 4.90 Å². The van der Waals surface area contributed by atoms with Gasteiger partial charge in [-0.15, -0.1) is 12.4 Å². The summed E-state index contributed by atoms with van der Waals surface area (Å²) in [6.45, 7) is 6.39. The number of halogens is 2. The zero-order chi connectivity index (χ0) is 13.2. The van der Waals surface area contributed by atoms with Crippen LogP contribution in [0.1, 0.15) is 36.4 Å². The maximum absolute atomic E-state index is 13.3. The highest BCUT2D eigenvalue weighted by molar-refractivity contribution is 5.85. The van der Waals surface area contributed by atoms with Gasteiger partial charge in [-0.25, -0.2) is 4.39 Å². The maximum Gasteiger partial charge on any atom is 0.123 e. The lowest BCUT2D eigenvalue weighted by molar-refractivity contribution is 0.160. The van der Waals surface area contributed by atoms with Crippen molar-refractivity contribution in [2.24, 2.45) is 5.92 Å². The molecule has 1 atom stereocenters. The first-order valence-corrected chi connectivity index (χ1v) is 7.45. The lowest BCUT2D eigenvalue weighted by atomic mass is 9.95. The van der Waals surface area contributed by atoms with E-state index in [0.29, 0.717) is 6.04 Å². The van der Waals surface area contributed by atoms with Crippen LogP contribution in [0.4, 0.5) is 4.39 Å². The van der Waals surface area contributed by atoms with Gasteiger partial charge in [0.2, 0.25) is 0 Å². The Morgan fingerprint density at radius 2 is 2.00 bits per heavy atom. The molecule has 1 N–H and O–H groups in total. The van der Waals surface area contributed by atoms with Gasteiger partial charge in [0.05, 0.1) is 0 Å². The molecule has 1 heterocycles. The Morgan fingerprint density at radius 1 is 1.30 bits per heavy atom.